The van der Waals surface area contributed by atoms with Gasteiger partial charge in [0.15, 0.2) is 0 Å². The normalized spacial score (nSPS) is 20.0. The van der Waals surface area contributed by atoms with Gasteiger partial charge >= 0.3 is 6.09 Å². The number of amides is 1. The van der Waals surface area contributed by atoms with Crippen LogP contribution in [-0.2, 0) is 11.3 Å². The van der Waals surface area contributed by atoms with Crippen LogP contribution in [0.2, 0.25) is 0 Å². The Morgan fingerprint density at radius 1 is 1.23 bits per heavy atom. The standard InChI is InChI=1S/C24H32N4O3/c1-16-13-26(14-17(2)28(16)23(30)31-24(4,5)6)9-10-27-20(12-25)11-21-18(3)19(15-29)7-8-22(21)27/h7-8,11,15-17H,9-10,13-14H2,1-6H3/t16-,17-/m1/s1. The Morgan fingerprint density at radius 2 is 1.87 bits per heavy atom. The molecule has 7 nitrogen and oxygen atoms in total. The van der Waals surface area contributed by atoms with Gasteiger partial charge in [0.2, 0.25) is 0 Å². The largest absolute Gasteiger partial charge is 0.444 e. The van der Waals surface area contributed by atoms with Gasteiger partial charge in [0.05, 0.1) is 0 Å². The van der Waals surface area contributed by atoms with Crippen molar-refractivity contribution in [3.05, 3.63) is 35.0 Å². The van der Waals surface area contributed by atoms with Gasteiger partial charge in [-0.25, -0.2) is 4.79 Å². The maximum atomic E-state index is 12.6. The summed E-state index contributed by atoms with van der Waals surface area (Å²) in [5.74, 6) is 0. The molecule has 0 radical (unpaired) electrons. The summed E-state index contributed by atoms with van der Waals surface area (Å²) in [5.41, 5.74) is 2.59. The van der Waals surface area contributed by atoms with E-state index in [0.29, 0.717) is 17.8 Å². The van der Waals surface area contributed by atoms with E-state index in [9.17, 15) is 14.9 Å². The second-order valence-electron chi connectivity index (χ2n) is 9.47. The van der Waals surface area contributed by atoms with Crippen LogP contribution in [0.1, 0.15) is 56.2 Å². The maximum Gasteiger partial charge on any atom is 0.410 e. The van der Waals surface area contributed by atoms with Crippen LogP contribution in [0.5, 0.6) is 0 Å². The highest BCUT2D eigenvalue weighted by Gasteiger charge is 2.35. The van der Waals surface area contributed by atoms with E-state index < -0.39 is 5.60 Å². The van der Waals surface area contributed by atoms with Gasteiger partial charge in [0.1, 0.15) is 23.7 Å². The number of rotatable bonds is 4. The molecule has 0 aliphatic carbocycles. The van der Waals surface area contributed by atoms with E-state index in [0.717, 1.165) is 42.4 Å². The van der Waals surface area contributed by atoms with Gasteiger partial charge in [-0.1, -0.05) is 0 Å². The fraction of sp³-hybridized carbons (Fsp3) is 0.542. The van der Waals surface area contributed by atoms with Crippen molar-refractivity contribution in [2.45, 2.75) is 65.8 Å². The average Bonchev–Trinajstić information content (AvgIpc) is 3.03. The third-order valence-corrected chi connectivity index (χ3v) is 5.88. The summed E-state index contributed by atoms with van der Waals surface area (Å²) >= 11 is 0. The topological polar surface area (TPSA) is 78.6 Å². The molecule has 0 spiro atoms. The SMILES string of the molecule is Cc1c(C=O)ccc2c1cc(C#N)n2CCN1C[C@@H](C)N(C(=O)OC(C)(C)C)[C@H](C)C1. The van der Waals surface area contributed by atoms with Gasteiger partial charge in [-0.3, -0.25) is 9.69 Å². The van der Waals surface area contributed by atoms with E-state index in [4.69, 9.17) is 4.74 Å². The second-order valence-corrected chi connectivity index (χ2v) is 9.47. The average molecular weight is 425 g/mol. The zero-order valence-corrected chi connectivity index (χ0v) is 19.3. The number of nitriles is 1. The number of aryl methyl sites for hydroxylation is 1. The van der Waals surface area contributed by atoms with Crippen molar-refractivity contribution >= 4 is 23.3 Å². The fourth-order valence-electron chi connectivity index (χ4n) is 4.49. The van der Waals surface area contributed by atoms with Gasteiger partial charge in [0.25, 0.3) is 0 Å². The second kappa shape index (κ2) is 8.72. The van der Waals surface area contributed by atoms with Crippen LogP contribution in [-0.4, -0.2) is 64.1 Å². The minimum absolute atomic E-state index is 0.0350. The molecule has 1 fully saturated rings. The molecule has 1 saturated heterocycles. The molecule has 2 heterocycles. The molecule has 0 bridgehead atoms. The van der Waals surface area contributed by atoms with Crippen molar-refractivity contribution in [1.29, 1.82) is 5.26 Å². The minimum Gasteiger partial charge on any atom is -0.444 e. The lowest BCUT2D eigenvalue weighted by atomic mass is 10.1. The summed E-state index contributed by atoms with van der Waals surface area (Å²) in [4.78, 5) is 28.0. The third-order valence-electron chi connectivity index (χ3n) is 5.88. The maximum absolute atomic E-state index is 12.6. The lowest BCUT2D eigenvalue weighted by Crippen LogP contribution is -2.59. The molecule has 1 aromatic carbocycles. The lowest BCUT2D eigenvalue weighted by Gasteiger charge is -2.44. The van der Waals surface area contributed by atoms with Gasteiger partial charge in [-0.2, -0.15) is 5.26 Å². The van der Waals surface area contributed by atoms with Crippen molar-refractivity contribution in [3.63, 3.8) is 0 Å². The van der Waals surface area contributed by atoms with E-state index in [1.165, 1.54) is 0 Å². The van der Waals surface area contributed by atoms with Crippen LogP contribution in [0.15, 0.2) is 18.2 Å². The number of carbonyl (C=O) groups excluding carboxylic acids is 2. The van der Waals surface area contributed by atoms with Crippen molar-refractivity contribution in [2.75, 3.05) is 19.6 Å². The Hall–Kier alpha value is -2.85. The van der Waals surface area contributed by atoms with Gasteiger partial charge in [-0.05, 0) is 65.3 Å². The van der Waals surface area contributed by atoms with Crippen LogP contribution in [0, 0.1) is 18.3 Å². The molecule has 2 atom stereocenters. The molecule has 0 N–H and O–H groups in total. The summed E-state index contributed by atoms with van der Waals surface area (Å²) in [6, 6.07) is 7.95. The zero-order valence-electron chi connectivity index (χ0n) is 19.3. The molecule has 31 heavy (non-hydrogen) atoms. The number of hydrogen-bond acceptors (Lipinski definition) is 5. The Bertz CT molecular complexity index is 1020. The van der Waals surface area contributed by atoms with Crippen LogP contribution < -0.4 is 0 Å². The first kappa shape index (κ1) is 22.8. The number of piperazine rings is 1. The molecular weight excluding hydrogens is 392 g/mol. The Kier molecular flexibility index (Phi) is 6.42. The number of fused-ring (bicyclic) bond motifs is 1. The molecule has 1 aliphatic heterocycles. The summed E-state index contributed by atoms with van der Waals surface area (Å²) in [5, 5.41) is 10.6. The first-order valence-corrected chi connectivity index (χ1v) is 10.8. The molecule has 3 rings (SSSR count). The van der Waals surface area contributed by atoms with Crippen LogP contribution in [0.25, 0.3) is 10.9 Å². The summed E-state index contributed by atoms with van der Waals surface area (Å²) < 4.78 is 7.60. The van der Waals surface area contributed by atoms with Crippen molar-refractivity contribution < 1.29 is 14.3 Å². The zero-order chi connectivity index (χ0) is 22.9. The lowest BCUT2D eigenvalue weighted by molar-refractivity contribution is -0.0153. The van der Waals surface area contributed by atoms with Crippen molar-refractivity contribution in [1.82, 2.24) is 14.4 Å². The highest BCUT2D eigenvalue weighted by atomic mass is 16.6. The Balaban J connectivity index is 1.74. The summed E-state index contributed by atoms with van der Waals surface area (Å²) in [6.07, 6.45) is 0.585. The Morgan fingerprint density at radius 3 is 2.42 bits per heavy atom. The van der Waals surface area contributed by atoms with Gasteiger partial charge < -0.3 is 14.2 Å². The number of benzene rings is 1. The highest BCUT2D eigenvalue weighted by molar-refractivity contribution is 5.92. The van der Waals surface area contributed by atoms with E-state index >= 15 is 0 Å². The van der Waals surface area contributed by atoms with Crippen LogP contribution in [0.3, 0.4) is 0 Å². The molecule has 2 aromatic rings. The summed E-state index contributed by atoms with van der Waals surface area (Å²) in [6.45, 7) is 14.6. The van der Waals surface area contributed by atoms with E-state index in [1.54, 1.807) is 0 Å². The van der Waals surface area contributed by atoms with Crippen LogP contribution in [0.4, 0.5) is 4.79 Å². The number of hydrogen-bond donors (Lipinski definition) is 0. The smallest absolute Gasteiger partial charge is 0.410 e. The van der Waals surface area contributed by atoms with Crippen molar-refractivity contribution in [2.24, 2.45) is 0 Å². The fourth-order valence-corrected chi connectivity index (χ4v) is 4.49. The molecule has 1 amide bonds. The van der Waals surface area contributed by atoms with E-state index in [2.05, 4.69) is 11.0 Å². The molecule has 0 saturated carbocycles. The molecular formula is C24H32N4O3. The summed E-state index contributed by atoms with van der Waals surface area (Å²) in [7, 11) is 0. The number of ether oxygens (including phenoxy) is 1. The predicted molar refractivity (Wildman–Crippen MR) is 120 cm³/mol. The van der Waals surface area contributed by atoms with Gasteiger partial charge in [-0.15, -0.1) is 0 Å². The Labute approximate surface area is 184 Å². The number of nitrogens with zero attached hydrogens (tertiary/aromatic N) is 4. The van der Waals surface area contributed by atoms with Crippen LogP contribution >= 0.6 is 0 Å². The molecule has 1 aliphatic rings. The predicted octanol–water partition coefficient (Wildman–Crippen LogP) is 3.96. The molecule has 0 unspecified atom stereocenters. The quantitative estimate of drug-likeness (QED) is 0.694. The van der Waals surface area contributed by atoms with Crippen molar-refractivity contribution in [3.8, 4) is 6.07 Å². The number of aromatic nitrogens is 1. The number of aldehydes is 1. The van der Waals surface area contributed by atoms with E-state index in [-0.39, 0.29) is 18.2 Å². The third kappa shape index (κ3) is 4.75. The monoisotopic (exact) mass is 424 g/mol. The molecule has 166 valence electrons. The molecule has 7 heteroatoms. The highest BCUT2D eigenvalue weighted by Crippen LogP contribution is 2.26. The first-order valence-electron chi connectivity index (χ1n) is 10.8. The van der Waals surface area contributed by atoms with E-state index in [1.807, 2.05) is 69.2 Å². The van der Waals surface area contributed by atoms with Gasteiger partial charge in [0, 0.05) is 54.7 Å². The molecule has 1 aromatic heterocycles. The minimum atomic E-state index is -0.515. The number of carbonyl (C=O) groups is 2. The first-order chi connectivity index (χ1) is 14.6.